The topological polar surface area (TPSA) is 79.4 Å². The Morgan fingerprint density at radius 1 is 1.10 bits per heavy atom. The second-order valence-electron chi connectivity index (χ2n) is 6.98. The third-order valence-corrected chi connectivity index (χ3v) is 4.93. The number of carbonyl (C=O) groups excluding carboxylic acids is 1. The Morgan fingerprint density at radius 3 is 2.80 bits per heavy atom. The van der Waals surface area contributed by atoms with Gasteiger partial charge in [-0.1, -0.05) is 30.3 Å². The number of nitrogens with one attached hydrogen (secondary N) is 2. The first-order chi connectivity index (χ1) is 14.6. The molecule has 0 aliphatic carbocycles. The molecule has 0 saturated carbocycles. The van der Waals surface area contributed by atoms with Gasteiger partial charge in [-0.05, 0) is 47.9 Å². The molecule has 0 unspecified atom stereocenters. The first-order valence-corrected chi connectivity index (χ1v) is 9.34. The number of aromatic nitrogens is 4. The summed E-state index contributed by atoms with van der Waals surface area (Å²) >= 11 is 0. The molecule has 0 atom stereocenters. The van der Waals surface area contributed by atoms with Gasteiger partial charge in [0.2, 0.25) is 5.95 Å². The van der Waals surface area contributed by atoms with E-state index in [0.717, 1.165) is 33.4 Å². The number of hydrogen-bond donors (Lipinski definition) is 2. The molecule has 5 rings (SSSR count). The molecule has 0 bridgehead atoms. The number of benzene rings is 2. The molecule has 7 nitrogen and oxygen atoms in total. The van der Waals surface area contributed by atoms with Gasteiger partial charge in [-0.15, -0.1) is 0 Å². The average Bonchev–Trinajstić information content (AvgIpc) is 3.37. The molecule has 0 aliphatic heterocycles. The molecule has 1 amide bonds. The number of imidazole rings is 2. The Hall–Kier alpha value is -4.44. The normalized spacial score (nSPS) is 10.9. The quantitative estimate of drug-likeness (QED) is 0.425. The highest BCUT2D eigenvalue weighted by Crippen LogP contribution is 2.27. The zero-order valence-corrected chi connectivity index (χ0v) is 16.0. The molecule has 144 valence electrons. The van der Waals surface area contributed by atoms with E-state index >= 15 is 0 Å². The van der Waals surface area contributed by atoms with Crippen molar-refractivity contribution in [2.45, 2.75) is 6.92 Å². The first kappa shape index (κ1) is 17.6. The number of anilines is 1. The highest BCUT2D eigenvalue weighted by Gasteiger charge is 2.14. The van der Waals surface area contributed by atoms with Gasteiger partial charge in [0, 0.05) is 12.4 Å². The number of nitrogens with zero attached hydrogens (tertiary/aromatic N) is 4. The van der Waals surface area contributed by atoms with Crippen LogP contribution in [-0.4, -0.2) is 25.3 Å². The van der Waals surface area contributed by atoms with Gasteiger partial charge in [-0.25, -0.2) is 14.8 Å². The molecule has 3 heterocycles. The highest BCUT2D eigenvalue weighted by atomic mass is 16.2. The molecule has 0 saturated heterocycles. The summed E-state index contributed by atoms with van der Waals surface area (Å²) in [6, 6.07) is 17.1. The Morgan fingerprint density at radius 2 is 1.97 bits per heavy atom. The predicted octanol–water partition coefficient (Wildman–Crippen LogP) is 4.99. The number of carbonyl (C=O) groups is 1. The summed E-state index contributed by atoms with van der Waals surface area (Å²) in [5.74, 6) is 0.0259. The minimum atomic E-state index is -0.331. The van der Waals surface area contributed by atoms with E-state index in [1.807, 2.05) is 66.1 Å². The molecule has 3 aromatic heterocycles. The van der Waals surface area contributed by atoms with Crippen LogP contribution in [0.2, 0.25) is 0 Å². The Balaban J connectivity index is 1.44. The largest absolute Gasteiger partial charge is 0.324 e. The number of pyridine rings is 1. The van der Waals surface area contributed by atoms with Gasteiger partial charge < -0.3 is 9.38 Å². The van der Waals surface area contributed by atoms with E-state index in [1.54, 1.807) is 12.3 Å². The number of hydrogen-bond acceptors (Lipinski definition) is 3. The fourth-order valence-corrected chi connectivity index (χ4v) is 3.43. The molecule has 2 aromatic carbocycles. The molecular formula is C23H16N6O. The SMILES string of the molecule is [C-]#[N+]c1cccc(-c2ccc3[nH]c(NC(=O)c4cn5cccc(C)c5n4)nc3c2)c1. The lowest BCUT2D eigenvalue weighted by Gasteiger charge is -2.01. The summed E-state index contributed by atoms with van der Waals surface area (Å²) in [7, 11) is 0. The number of aryl methyl sites for hydroxylation is 1. The van der Waals surface area contributed by atoms with Crippen molar-refractivity contribution in [3.05, 3.63) is 89.7 Å². The van der Waals surface area contributed by atoms with Gasteiger partial charge in [0.1, 0.15) is 11.3 Å². The first-order valence-electron chi connectivity index (χ1n) is 9.34. The molecule has 5 aromatic rings. The summed E-state index contributed by atoms with van der Waals surface area (Å²) < 4.78 is 1.83. The minimum Gasteiger partial charge on any atom is -0.324 e. The zero-order valence-electron chi connectivity index (χ0n) is 16.0. The minimum absolute atomic E-state index is 0.321. The molecule has 2 N–H and O–H groups in total. The van der Waals surface area contributed by atoms with E-state index in [1.165, 1.54) is 0 Å². The molecule has 30 heavy (non-hydrogen) atoms. The van der Waals surface area contributed by atoms with Crippen molar-refractivity contribution in [1.29, 1.82) is 0 Å². The summed E-state index contributed by atoms with van der Waals surface area (Å²) in [4.78, 5) is 28.2. The maximum Gasteiger partial charge on any atom is 0.278 e. The Bertz CT molecular complexity index is 1470. The van der Waals surface area contributed by atoms with Crippen LogP contribution >= 0.6 is 0 Å². The molecular weight excluding hydrogens is 376 g/mol. The van der Waals surface area contributed by atoms with Gasteiger partial charge >= 0.3 is 0 Å². The van der Waals surface area contributed by atoms with Gasteiger partial charge in [0.25, 0.3) is 5.91 Å². The van der Waals surface area contributed by atoms with E-state index in [-0.39, 0.29) is 5.91 Å². The van der Waals surface area contributed by atoms with E-state index in [4.69, 9.17) is 6.57 Å². The summed E-state index contributed by atoms with van der Waals surface area (Å²) in [6.45, 7) is 9.13. The standard InChI is InChI=1S/C23H16N6O/c1-14-5-4-10-29-13-20(25-21(14)29)22(30)28-23-26-18-9-8-16(12-19(18)27-23)15-6-3-7-17(11-15)24-2/h3-13H,1H3,(H2,26,27,28,30). The number of H-pyrrole nitrogens is 1. The predicted molar refractivity (Wildman–Crippen MR) is 116 cm³/mol. The van der Waals surface area contributed by atoms with Crippen molar-refractivity contribution < 1.29 is 4.79 Å². The van der Waals surface area contributed by atoms with Crippen LogP contribution in [0, 0.1) is 13.5 Å². The fourth-order valence-electron chi connectivity index (χ4n) is 3.43. The van der Waals surface area contributed by atoms with Crippen LogP contribution in [0.3, 0.4) is 0 Å². The van der Waals surface area contributed by atoms with Crippen molar-refractivity contribution in [2.75, 3.05) is 5.32 Å². The van der Waals surface area contributed by atoms with E-state index in [9.17, 15) is 4.79 Å². The van der Waals surface area contributed by atoms with Crippen LogP contribution in [0.5, 0.6) is 0 Å². The van der Waals surface area contributed by atoms with Crippen molar-refractivity contribution in [2.24, 2.45) is 0 Å². The van der Waals surface area contributed by atoms with Gasteiger partial charge in [-0.3, -0.25) is 10.1 Å². The third kappa shape index (κ3) is 3.06. The summed E-state index contributed by atoms with van der Waals surface area (Å²) in [6.07, 6.45) is 3.56. The Kier molecular flexibility index (Phi) is 4.04. The summed E-state index contributed by atoms with van der Waals surface area (Å²) in [5.41, 5.74) is 6.08. The maximum atomic E-state index is 12.7. The molecule has 7 heteroatoms. The van der Waals surface area contributed by atoms with Crippen LogP contribution in [0.15, 0.2) is 67.0 Å². The van der Waals surface area contributed by atoms with Crippen molar-refractivity contribution in [1.82, 2.24) is 19.4 Å². The third-order valence-electron chi connectivity index (χ3n) is 4.93. The van der Waals surface area contributed by atoms with Crippen LogP contribution in [0.4, 0.5) is 11.6 Å². The second kappa shape index (κ2) is 6.87. The smallest absolute Gasteiger partial charge is 0.278 e. The molecule has 0 fully saturated rings. The van der Waals surface area contributed by atoms with Crippen molar-refractivity contribution >= 4 is 34.2 Å². The van der Waals surface area contributed by atoms with Crippen molar-refractivity contribution in [3.63, 3.8) is 0 Å². The number of fused-ring (bicyclic) bond motifs is 2. The van der Waals surface area contributed by atoms with E-state index in [0.29, 0.717) is 17.3 Å². The lowest BCUT2D eigenvalue weighted by Crippen LogP contribution is -2.13. The number of rotatable bonds is 3. The van der Waals surface area contributed by atoms with E-state index < -0.39 is 0 Å². The Labute approximate surface area is 171 Å². The summed E-state index contributed by atoms with van der Waals surface area (Å²) in [5, 5.41) is 2.78. The molecule has 0 aliphatic rings. The maximum absolute atomic E-state index is 12.7. The number of amides is 1. The van der Waals surface area contributed by atoms with Gasteiger partial charge in [0.15, 0.2) is 5.69 Å². The monoisotopic (exact) mass is 392 g/mol. The van der Waals surface area contributed by atoms with Gasteiger partial charge in [0.05, 0.1) is 17.6 Å². The number of aromatic amines is 1. The van der Waals surface area contributed by atoms with Crippen LogP contribution in [-0.2, 0) is 0 Å². The molecule has 0 spiro atoms. The van der Waals surface area contributed by atoms with Crippen LogP contribution in [0.1, 0.15) is 16.1 Å². The van der Waals surface area contributed by atoms with Crippen LogP contribution < -0.4 is 5.32 Å². The fraction of sp³-hybridized carbons (Fsp3) is 0.0435. The lowest BCUT2D eigenvalue weighted by atomic mass is 10.0. The van der Waals surface area contributed by atoms with Crippen LogP contribution in [0.25, 0.3) is 32.7 Å². The lowest BCUT2D eigenvalue weighted by molar-refractivity contribution is 0.102. The second-order valence-corrected chi connectivity index (χ2v) is 6.98. The van der Waals surface area contributed by atoms with E-state index in [2.05, 4.69) is 25.1 Å². The zero-order chi connectivity index (χ0) is 20.7. The molecule has 0 radical (unpaired) electrons. The average molecular weight is 392 g/mol. The highest BCUT2D eigenvalue weighted by molar-refractivity contribution is 6.03. The van der Waals surface area contributed by atoms with Crippen molar-refractivity contribution in [3.8, 4) is 11.1 Å². The van der Waals surface area contributed by atoms with Gasteiger partial charge in [-0.2, -0.15) is 0 Å².